The van der Waals surface area contributed by atoms with Crippen LogP contribution in [0.25, 0.3) is 11.3 Å². The fraction of sp³-hybridized carbons (Fsp3) is 0.474. The molecule has 5 nitrogen and oxygen atoms in total. The van der Waals surface area contributed by atoms with E-state index in [2.05, 4.69) is 10.3 Å². The number of nitrogens with zero attached hydrogens (tertiary/aromatic N) is 1. The van der Waals surface area contributed by atoms with Gasteiger partial charge in [-0.2, -0.15) is 0 Å². The Labute approximate surface area is 142 Å². The number of benzene rings is 1. The van der Waals surface area contributed by atoms with E-state index in [0.717, 1.165) is 31.2 Å². The van der Waals surface area contributed by atoms with E-state index in [-0.39, 0.29) is 5.91 Å². The Bertz CT molecular complexity index is 660. The Morgan fingerprint density at radius 1 is 1.21 bits per heavy atom. The highest BCUT2D eigenvalue weighted by Crippen LogP contribution is 2.27. The van der Waals surface area contributed by atoms with Crippen molar-refractivity contribution in [3.8, 4) is 11.3 Å². The van der Waals surface area contributed by atoms with Gasteiger partial charge in [0.25, 0.3) is 0 Å². The van der Waals surface area contributed by atoms with Gasteiger partial charge in [-0.1, -0.05) is 49.6 Å². The van der Waals surface area contributed by atoms with Crippen molar-refractivity contribution in [3.63, 3.8) is 0 Å². The summed E-state index contributed by atoms with van der Waals surface area (Å²) < 4.78 is 5.69. The summed E-state index contributed by atoms with van der Waals surface area (Å²) in [7, 11) is 0. The van der Waals surface area contributed by atoms with Crippen LogP contribution in [0.4, 0.5) is 0 Å². The van der Waals surface area contributed by atoms with Gasteiger partial charge in [-0.3, -0.25) is 4.79 Å². The van der Waals surface area contributed by atoms with Crippen LogP contribution < -0.4 is 5.32 Å². The first kappa shape index (κ1) is 16.7. The van der Waals surface area contributed by atoms with E-state index >= 15 is 0 Å². The zero-order chi connectivity index (χ0) is 16.8. The fourth-order valence-corrected chi connectivity index (χ4v) is 3.12. The molecule has 1 aromatic carbocycles. The Morgan fingerprint density at radius 2 is 1.96 bits per heavy atom. The smallest absolute Gasteiger partial charge is 0.220 e. The molecule has 5 heteroatoms. The van der Waals surface area contributed by atoms with Crippen LogP contribution in [0.1, 0.15) is 44.4 Å². The zero-order valence-corrected chi connectivity index (χ0v) is 13.8. The fourth-order valence-electron chi connectivity index (χ4n) is 3.12. The van der Waals surface area contributed by atoms with Crippen LogP contribution >= 0.6 is 0 Å². The summed E-state index contributed by atoms with van der Waals surface area (Å²) in [6, 6.07) is 9.76. The van der Waals surface area contributed by atoms with Crippen LogP contribution in [0, 0.1) is 0 Å². The molecule has 1 aromatic heterocycles. The Morgan fingerprint density at radius 3 is 2.71 bits per heavy atom. The van der Waals surface area contributed by atoms with Gasteiger partial charge < -0.3 is 14.8 Å². The monoisotopic (exact) mass is 328 g/mol. The average Bonchev–Trinajstić information content (AvgIpc) is 3.09. The molecular formula is C19H24N2O3. The molecular weight excluding hydrogens is 304 g/mol. The lowest BCUT2D eigenvalue weighted by atomic mass is 9.85. The van der Waals surface area contributed by atoms with Crippen molar-refractivity contribution >= 4 is 5.91 Å². The van der Waals surface area contributed by atoms with Gasteiger partial charge in [-0.05, 0) is 12.8 Å². The van der Waals surface area contributed by atoms with Gasteiger partial charge in [0.2, 0.25) is 5.91 Å². The molecule has 128 valence electrons. The minimum absolute atomic E-state index is 0.0755. The van der Waals surface area contributed by atoms with E-state index in [4.69, 9.17) is 4.42 Å². The topological polar surface area (TPSA) is 75.4 Å². The molecule has 3 rings (SSSR count). The van der Waals surface area contributed by atoms with E-state index in [1.165, 1.54) is 6.42 Å². The molecule has 1 aliphatic carbocycles. The van der Waals surface area contributed by atoms with Crippen molar-refractivity contribution in [2.75, 3.05) is 6.54 Å². The third-order valence-electron chi connectivity index (χ3n) is 4.58. The normalized spacial score (nSPS) is 16.7. The van der Waals surface area contributed by atoms with Crippen LogP contribution in [0.2, 0.25) is 0 Å². The van der Waals surface area contributed by atoms with Gasteiger partial charge in [0, 0.05) is 24.9 Å². The number of amides is 1. The largest absolute Gasteiger partial charge is 0.441 e. The number of aliphatic hydroxyl groups is 1. The molecule has 2 N–H and O–H groups in total. The quantitative estimate of drug-likeness (QED) is 0.854. The number of aryl methyl sites for hydroxylation is 1. The molecule has 24 heavy (non-hydrogen) atoms. The van der Waals surface area contributed by atoms with Crippen molar-refractivity contribution in [3.05, 3.63) is 42.4 Å². The molecule has 0 radical (unpaired) electrons. The lowest BCUT2D eigenvalue weighted by Crippen LogP contribution is -2.44. The van der Waals surface area contributed by atoms with E-state index in [9.17, 15) is 9.90 Å². The van der Waals surface area contributed by atoms with Crippen LogP contribution in [-0.2, 0) is 11.2 Å². The maximum absolute atomic E-state index is 12.0. The maximum atomic E-state index is 12.0. The molecule has 1 fully saturated rings. The van der Waals surface area contributed by atoms with E-state index in [0.29, 0.717) is 31.0 Å². The Hall–Kier alpha value is -2.14. The number of rotatable bonds is 6. The highest BCUT2D eigenvalue weighted by atomic mass is 16.4. The summed E-state index contributed by atoms with van der Waals surface area (Å²) in [6.07, 6.45) is 7.23. The summed E-state index contributed by atoms with van der Waals surface area (Å²) in [5.41, 5.74) is 0.248. The second-order valence-corrected chi connectivity index (χ2v) is 6.55. The third-order valence-corrected chi connectivity index (χ3v) is 4.58. The van der Waals surface area contributed by atoms with Gasteiger partial charge in [-0.25, -0.2) is 4.98 Å². The van der Waals surface area contributed by atoms with Gasteiger partial charge in [0.15, 0.2) is 11.7 Å². The number of hydrogen-bond donors (Lipinski definition) is 2. The first-order chi connectivity index (χ1) is 11.6. The van der Waals surface area contributed by atoms with Gasteiger partial charge in [-0.15, -0.1) is 0 Å². The first-order valence-corrected chi connectivity index (χ1v) is 8.64. The predicted molar refractivity (Wildman–Crippen MR) is 91.3 cm³/mol. The molecule has 1 saturated carbocycles. The summed E-state index contributed by atoms with van der Waals surface area (Å²) in [6.45, 7) is 0.340. The number of oxazole rings is 1. The van der Waals surface area contributed by atoms with E-state index in [1.807, 2.05) is 30.3 Å². The Balaban J connectivity index is 1.46. The molecule has 0 saturated heterocycles. The second-order valence-electron chi connectivity index (χ2n) is 6.55. The number of nitrogens with one attached hydrogen (secondary N) is 1. The Kier molecular flexibility index (Phi) is 5.30. The van der Waals surface area contributed by atoms with E-state index < -0.39 is 5.60 Å². The average molecular weight is 328 g/mol. The third kappa shape index (κ3) is 4.45. The minimum Gasteiger partial charge on any atom is -0.441 e. The van der Waals surface area contributed by atoms with Gasteiger partial charge in [0.05, 0.1) is 11.8 Å². The standard InChI is InChI=1S/C19H24N2O3/c22-17(21-14-19(23)11-5-2-6-12-19)9-10-18-20-13-16(24-18)15-7-3-1-4-8-15/h1,3-4,7-8,13,23H,2,5-6,9-12,14H2,(H,21,22). The number of carbonyl (C=O) groups excluding carboxylic acids is 1. The van der Waals surface area contributed by atoms with Crippen molar-refractivity contribution in [1.82, 2.24) is 10.3 Å². The molecule has 0 atom stereocenters. The molecule has 2 aromatic rings. The van der Waals surface area contributed by atoms with Crippen molar-refractivity contribution in [2.45, 2.75) is 50.5 Å². The number of carbonyl (C=O) groups is 1. The maximum Gasteiger partial charge on any atom is 0.220 e. The molecule has 1 amide bonds. The summed E-state index contributed by atoms with van der Waals surface area (Å²) in [5, 5.41) is 13.2. The van der Waals surface area contributed by atoms with Crippen molar-refractivity contribution in [2.24, 2.45) is 0 Å². The summed E-state index contributed by atoms with van der Waals surface area (Å²) >= 11 is 0. The summed E-state index contributed by atoms with van der Waals surface area (Å²) in [5.74, 6) is 1.19. The number of hydrogen-bond acceptors (Lipinski definition) is 4. The molecule has 0 unspecified atom stereocenters. The summed E-state index contributed by atoms with van der Waals surface area (Å²) in [4.78, 5) is 16.2. The zero-order valence-electron chi connectivity index (χ0n) is 13.8. The van der Waals surface area contributed by atoms with Crippen molar-refractivity contribution < 1.29 is 14.3 Å². The molecule has 1 aliphatic rings. The van der Waals surface area contributed by atoms with Gasteiger partial charge >= 0.3 is 0 Å². The van der Waals surface area contributed by atoms with Crippen LogP contribution in [0.5, 0.6) is 0 Å². The van der Waals surface area contributed by atoms with Crippen LogP contribution in [0.3, 0.4) is 0 Å². The second kappa shape index (κ2) is 7.62. The SMILES string of the molecule is O=C(CCc1ncc(-c2ccccc2)o1)NCC1(O)CCCCC1. The molecule has 0 spiro atoms. The lowest BCUT2D eigenvalue weighted by molar-refractivity contribution is -0.122. The predicted octanol–water partition coefficient (Wildman–Crippen LogP) is 3.09. The molecule has 0 aliphatic heterocycles. The van der Waals surface area contributed by atoms with Crippen LogP contribution in [-0.4, -0.2) is 28.1 Å². The lowest BCUT2D eigenvalue weighted by Gasteiger charge is -2.32. The van der Waals surface area contributed by atoms with E-state index in [1.54, 1.807) is 6.20 Å². The number of aromatic nitrogens is 1. The molecule has 0 bridgehead atoms. The van der Waals surface area contributed by atoms with Crippen LogP contribution in [0.15, 0.2) is 40.9 Å². The minimum atomic E-state index is -0.725. The van der Waals surface area contributed by atoms with Crippen molar-refractivity contribution in [1.29, 1.82) is 0 Å². The first-order valence-electron chi connectivity index (χ1n) is 8.64. The molecule has 1 heterocycles. The highest BCUT2D eigenvalue weighted by molar-refractivity contribution is 5.76. The highest BCUT2D eigenvalue weighted by Gasteiger charge is 2.29. The van der Waals surface area contributed by atoms with Gasteiger partial charge in [0.1, 0.15) is 0 Å².